The Labute approximate surface area is 129 Å². The molecular formula is C16H22FNO4. The SMILES string of the molecule is O=C(COc1ccccc1F)NCC[C@@H](O)C1CCOCC1. The highest BCUT2D eigenvalue weighted by Gasteiger charge is 2.21. The molecule has 0 unspecified atom stereocenters. The van der Waals surface area contributed by atoms with Crippen molar-refractivity contribution in [2.24, 2.45) is 5.92 Å². The fourth-order valence-electron chi connectivity index (χ4n) is 2.45. The van der Waals surface area contributed by atoms with Crippen LogP contribution in [0.15, 0.2) is 24.3 Å². The first-order chi connectivity index (χ1) is 10.7. The average molecular weight is 311 g/mol. The van der Waals surface area contributed by atoms with Crippen LogP contribution in [0.25, 0.3) is 0 Å². The van der Waals surface area contributed by atoms with E-state index in [0.29, 0.717) is 26.2 Å². The monoisotopic (exact) mass is 311 g/mol. The van der Waals surface area contributed by atoms with E-state index in [4.69, 9.17) is 9.47 Å². The Morgan fingerprint density at radius 2 is 2.14 bits per heavy atom. The highest BCUT2D eigenvalue weighted by Crippen LogP contribution is 2.20. The molecule has 22 heavy (non-hydrogen) atoms. The number of nitrogens with one attached hydrogen (secondary N) is 1. The van der Waals surface area contributed by atoms with Crippen molar-refractivity contribution in [1.82, 2.24) is 5.32 Å². The molecule has 2 N–H and O–H groups in total. The maximum absolute atomic E-state index is 13.3. The van der Waals surface area contributed by atoms with Crippen LogP contribution in [0.5, 0.6) is 5.75 Å². The Kier molecular flexibility index (Phi) is 6.61. The summed E-state index contributed by atoms with van der Waals surface area (Å²) in [5.74, 6) is -0.534. The molecule has 1 aromatic carbocycles. The lowest BCUT2D eigenvalue weighted by Gasteiger charge is -2.26. The molecule has 0 saturated carbocycles. The van der Waals surface area contributed by atoms with Gasteiger partial charge in [0.15, 0.2) is 18.2 Å². The highest BCUT2D eigenvalue weighted by molar-refractivity contribution is 5.77. The second-order valence-electron chi connectivity index (χ2n) is 5.37. The lowest BCUT2D eigenvalue weighted by Crippen LogP contribution is -2.34. The summed E-state index contributed by atoms with van der Waals surface area (Å²) in [5, 5.41) is 12.7. The zero-order valence-electron chi connectivity index (χ0n) is 12.5. The van der Waals surface area contributed by atoms with Crippen LogP contribution in [-0.4, -0.2) is 43.5 Å². The molecule has 2 rings (SSSR count). The third-order valence-electron chi connectivity index (χ3n) is 3.77. The fraction of sp³-hybridized carbons (Fsp3) is 0.562. The molecule has 0 aliphatic carbocycles. The topological polar surface area (TPSA) is 67.8 Å². The first-order valence-corrected chi connectivity index (χ1v) is 7.56. The molecule has 1 aliphatic rings. The summed E-state index contributed by atoms with van der Waals surface area (Å²) >= 11 is 0. The van der Waals surface area contributed by atoms with Crippen LogP contribution in [0.2, 0.25) is 0 Å². The summed E-state index contributed by atoms with van der Waals surface area (Å²) in [5.41, 5.74) is 0. The van der Waals surface area contributed by atoms with Gasteiger partial charge in [0.25, 0.3) is 5.91 Å². The summed E-state index contributed by atoms with van der Waals surface area (Å²) in [6.45, 7) is 1.50. The summed E-state index contributed by atoms with van der Waals surface area (Å²) in [6.07, 6.45) is 1.77. The molecule has 6 heteroatoms. The maximum Gasteiger partial charge on any atom is 0.257 e. The number of carbonyl (C=O) groups is 1. The predicted octanol–water partition coefficient (Wildman–Crippen LogP) is 1.50. The number of aliphatic hydroxyl groups is 1. The molecule has 0 aromatic heterocycles. The smallest absolute Gasteiger partial charge is 0.257 e. The van der Waals surface area contributed by atoms with Crippen LogP contribution in [0.1, 0.15) is 19.3 Å². The Morgan fingerprint density at radius 1 is 1.41 bits per heavy atom. The molecule has 1 amide bonds. The maximum atomic E-state index is 13.3. The van der Waals surface area contributed by atoms with Gasteiger partial charge in [-0.1, -0.05) is 12.1 Å². The molecule has 1 atom stereocenters. The predicted molar refractivity (Wildman–Crippen MR) is 79.1 cm³/mol. The van der Waals surface area contributed by atoms with E-state index in [1.165, 1.54) is 12.1 Å². The van der Waals surface area contributed by atoms with Gasteiger partial charge < -0.3 is 19.9 Å². The van der Waals surface area contributed by atoms with Crippen molar-refractivity contribution in [2.75, 3.05) is 26.4 Å². The Balaban J connectivity index is 1.62. The zero-order chi connectivity index (χ0) is 15.8. The van der Waals surface area contributed by atoms with Crippen LogP contribution in [0.3, 0.4) is 0 Å². The molecule has 1 aromatic rings. The number of amides is 1. The summed E-state index contributed by atoms with van der Waals surface area (Å²) in [7, 11) is 0. The van der Waals surface area contributed by atoms with Gasteiger partial charge in [-0.05, 0) is 37.3 Å². The first-order valence-electron chi connectivity index (χ1n) is 7.56. The van der Waals surface area contributed by atoms with Crippen LogP contribution < -0.4 is 10.1 Å². The minimum Gasteiger partial charge on any atom is -0.481 e. The summed E-state index contributed by atoms with van der Waals surface area (Å²) in [4.78, 5) is 11.6. The van der Waals surface area contributed by atoms with Gasteiger partial charge in [0.1, 0.15) is 0 Å². The van der Waals surface area contributed by atoms with Crippen molar-refractivity contribution in [3.63, 3.8) is 0 Å². The zero-order valence-corrected chi connectivity index (χ0v) is 12.5. The van der Waals surface area contributed by atoms with E-state index in [9.17, 15) is 14.3 Å². The number of aliphatic hydroxyl groups excluding tert-OH is 1. The minimum absolute atomic E-state index is 0.0555. The van der Waals surface area contributed by atoms with Gasteiger partial charge in [0, 0.05) is 19.8 Å². The normalized spacial score (nSPS) is 17.0. The standard InChI is InChI=1S/C16H22FNO4/c17-13-3-1-2-4-15(13)22-11-16(20)18-8-5-14(19)12-6-9-21-10-7-12/h1-4,12,14,19H,5-11H2,(H,18,20)/t14-/m1/s1. The van der Waals surface area contributed by atoms with Gasteiger partial charge in [-0.3, -0.25) is 4.79 Å². The van der Waals surface area contributed by atoms with E-state index in [-0.39, 0.29) is 24.2 Å². The summed E-state index contributed by atoms with van der Waals surface area (Å²) in [6, 6.07) is 5.94. The molecule has 1 heterocycles. The van der Waals surface area contributed by atoms with E-state index >= 15 is 0 Å². The van der Waals surface area contributed by atoms with E-state index in [2.05, 4.69) is 5.32 Å². The van der Waals surface area contributed by atoms with Crippen LogP contribution >= 0.6 is 0 Å². The van der Waals surface area contributed by atoms with Gasteiger partial charge in [-0.15, -0.1) is 0 Å². The van der Waals surface area contributed by atoms with Gasteiger partial charge in [0.05, 0.1) is 6.10 Å². The fourth-order valence-corrected chi connectivity index (χ4v) is 2.45. The van der Waals surface area contributed by atoms with E-state index in [0.717, 1.165) is 12.8 Å². The molecule has 1 saturated heterocycles. The second kappa shape index (κ2) is 8.70. The van der Waals surface area contributed by atoms with Crippen LogP contribution in [0, 0.1) is 11.7 Å². The lowest BCUT2D eigenvalue weighted by molar-refractivity contribution is -0.123. The largest absolute Gasteiger partial charge is 0.481 e. The van der Waals surface area contributed by atoms with Gasteiger partial charge in [-0.2, -0.15) is 0 Å². The first kappa shape index (κ1) is 16.7. The number of halogens is 1. The molecule has 0 radical (unpaired) electrons. The Hall–Kier alpha value is -1.66. The lowest BCUT2D eigenvalue weighted by atomic mass is 9.92. The van der Waals surface area contributed by atoms with Crippen molar-refractivity contribution in [3.05, 3.63) is 30.1 Å². The third kappa shape index (κ3) is 5.27. The average Bonchev–Trinajstić information content (AvgIpc) is 2.55. The third-order valence-corrected chi connectivity index (χ3v) is 3.77. The number of hydrogen-bond acceptors (Lipinski definition) is 4. The molecule has 1 aliphatic heterocycles. The minimum atomic E-state index is -0.495. The molecular weight excluding hydrogens is 289 g/mol. The highest BCUT2D eigenvalue weighted by atomic mass is 19.1. The molecule has 0 bridgehead atoms. The quantitative estimate of drug-likeness (QED) is 0.801. The number of para-hydroxylation sites is 1. The number of benzene rings is 1. The molecule has 1 fully saturated rings. The molecule has 0 spiro atoms. The van der Waals surface area contributed by atoms with Crippen molar-refractivity contribution in [1.29, 1.82) is 0 Å². The molecule has 5 nitrogen and oxygen atoms in total. The number of ether oxygens (including phenoxy) is 2. The van der Waals surface area contributed by atoms with Crippen molar-refractivity contribution in [3.8, 4) is 5.75 Å². The Bertz CT molecular complexity index is 477. The van der Waals surface area contributed by atoms with E-state index in [1.807, 2.05) is 0 Å². The van der Waals surface area contributed by atoms with Crippen molar-refractivity contribution in [2.45, 2.75) is 25.4 Å². The van der Waals surface area contributed by atoms with Crippen molar-refractivity contribution >= 4 is 5.91 Å². The van der Waals surface area contributed by atoms with Crippen molar-refractivity contribution < 1.29 is 23.8 Å². The summed E-state index contributed by atoms with van der Waals surface area (Å²) < 4.78 is 23.7. The molecule has 122 valence electrons. The van der Waals surface area contributed by atoms with Gasteiger partial charge in [0.2, 0.25) is 0 Å². The van der Waals surface area contributed by atoms with E-state index in [1.54, 1.807) is 12.1 Å². The Morgan fingerprint density at radius 3 is 2.86 bits per heavy atom. The van der Waals surface area contributed by atoms with Crippen LogP contribution in [-0.2, 0) is 9.53 Å². The second-order valence-corrected chi connectivity index (χ2v) is 5.37. The number of carbonyl (C=O) groups excluding carboxylic acids is 1. The van der Waals surface area contributed by atoms with Crippen LogP contribution in [0.4, 0.5) is 4.39 Å². The number of hydrogen-bond donors (Lipinski definition) is 2. The number of rotatable bonds is 7. The van der Waals surface area contributed by atoms with Gasteiger partial charge >= 0.3 is 0 Å². The van der Waals surface area contributed by atoms with Gasteiger partial charge in [-0.25, -0.2) is 4.39 Å². The van der Waals surface area contributed by atoms with E-state index < -0.39 is 11.9 Å².